The average molecular weight is 335 g/mol. The van der Waals surface area contributed by atoms with Crippen LogP contribution in [0.2, 0.25) is 0 Å². The predicted molar refractivity (Wildman–Crippen MR) is 99.8 cm³/mol. The van der Waals surface area contributed by atoms with Gasteiger partial charge in [-0.3, -0.25) is 4.79 Å². The van der Waals surface area contributed by atoms with E-state index in [-0.39, 0.29) is 5.78 Å². The summed E-state index contributed by atoms with van der Waals surface area (Å²) in [6.07, 6.45) is 3.85. The van der Waals surface area contributed by atoms with Gasteiger partial charge in [-0.15, -0.1) is 0 Å². The lowest BCUT2D eigenvalue weighted by atomic mass is 9.95. The van der Waals surface area contributed by atoms with Gasteiger partial charge in [0.1, 0.15) is 11.5 Å². The molecule has 0 unspecified atom stereocenters. The van der Waals surface area contributed by atoms with Crippen LogP contribution in [0, 0.1) is 0 Å². The maximum absolute atomic E-state index is 12.8. The zero-order valence-electron chi connectivity index (χ0n) is 14.4. The Morgan fingerprint density at radius 1 is 0.760 bits per heavy atom. The molecule has 0 radical (unpaired) electrons. The number of carbonyl (C=O) groups excluding carboxylic acids is 1. The quantitative estimate of drug-likeness (QED) is 0.871. The van der Waals surface area contributed by atoms with Crippen molar-refractivity contribution < 1.29 is 14.3 Å². The third-order valence-electron chi connectivity index (χ3n) is 4.13. The number of Topliss-reactive ketones (excluding diaryl/α,β-unsaturated/α-hetero) is 1. The second-order valence-corrected chi connectivity index (χ2v) is 5.82. The smallest absolute Gasteiger partial charge is 0.187 e. The Morgan fingerprint density at radius 3 is 1.52 bits per heavy atom. The van der Waals surface area contributed by atoms with Crippen LogP contribution in [-0.2, 0) is 4.79 Å². The summed E-state index contributed by atoms with van der Waals surface area (Å²) in [5.41, 5.74) is 3.49. The van der Waals surface area contributed by atoms with Crippen molar-refractivity contribution in [1.29, 1.82) is 0 Å². The van der Waals surface area contributed by atoms with Gasteiger partial charge in [0.15, 0.2) is 5.78 Å². The van der Waals surface area contributed by atoms with E-state index < -0.39 is 0 Å². The van der Waals surface area contributed by atoms with E-state index >= 15 is 0 Å². The van der Waals surface area contributed by atoms with Gasteiger partial charge in [-0.25, -0.2) is 0 Å². The van der Waals surface area contributed by atoms with Crippen LogP contribution in [0.3, 0.4) is 0 Å². The van der Waals surface area contributed by atoms with Gasteiger partial charge in [-0.2, -0.15) is 0 Å². The normalized spacial score (nSPS) is 17.8. The Hall–Kier alpha value is -2.85. The van der Waals surface area contributed by atoms with Crippen molar-refractivity contribution in [2.75, 3.05) is 27.3 Å². The van der Waals surface area contributed by atoms with Gasteiger partial charge in [-0.1, -0.05) is 24.3 Å². The molecule has 128 valence electrons. The van der Waals surface area contributed by atoms with Crippen LogP contribution in [0.15, 0.2) is 59.7 Å². The Bertz CT molecular complexity index is 735. The van der Waals surface area contributed by atoms with Crippen LogP contribution in [0.1, 0.15) is 11.1 Å². The molecule has 4 heteroatoms. The number of ketones is 1. The Morgan fingerprint density at radius 2 is 1.16 bits per heavy atom. The largest absolute Gasteiger partial charge is 0.497 e. The van der Waals surface area contributed by atoms with Crippen LogP contribution in [0.25, 0.3) is 12.2 Å². The maximum Gasteiger partial charge on any atom is 0.187 e. The number of hydrogen-bond donors (Lipinski definition) is 1. The Labute approximate surface area is 147 Å². The van der Waals surface area contributed by atoms with Crippen molar-refractivity contribution in [3.8, 4) is 11.5 Å². The molecule has 1 aliphatic heterocycles. The van der Waals surface area contributed by atoms with Gasteiger partial charge in [0, 0.05) is 24.2 Å². The Kier molecular flexibility index (Phi) is 5.31. The minimum atomic E-state index is 0.0883. The fourth-order valence-corrected chi connectivity index (χ4v) is 2.73. The summed E-state index contributed by atoms with van der Waals surface area (Å²) in [5, 5.41) is 3.29. The number of rotatable bonds is 4. The van der Waals surface area contributed by atoms with Crippen LogP contribution in [-0.4, -0.2) is 33.1 Å². The van der Waals surface area contributed by atoms with Crippen molar-refractivity contribution in [1.82, 2.24) is 5.32 Å². The maximum atomic E-state index is 12.8. The highest BCUT2D eigenvalue weighted by molar-refractivity contribution is 6.14. The second-order valence-electron chi connectivity index (χ2n) is 5.82. The minimum Gasteiger partial charge on any atom is -0.497 e. The average Bonchev–Trinajstić information content (AvgIpc) is 2.66. The summed E-state index contributed by atoms with van der Waals surface area (Å²) in [5.74, 6) is 1.69. The molecule has 0 aromatic heterocycles. The summed E-state index contributed by atoms with van der Waals surface area (Å²) in [4.78, 5) is 12.8. The monoisotopic (exact) mass is 335 g/mol. The molecular formula is C21H21NO3. The molecule has 2 aromatic rings. The fraction of sp³-hybridized carbons (Fsp3) is 0.190. The van der Waals surface area contributed by atoms with Crippen LogP contribution >= 0.6 is 0 Å². The van der Waals surface area contributed by atoms with Gasteiger partial charge in [0.25, 0.3) is 0 Å². The van der Waals surface area contributed by atoms with Crippen molar-refractivity contribution in [2.45, 2.75) is 0 Å². The van der Waals surface area contributed by atoms with Crippen molar-refractivity contribution in [3.05, 3.63) is 70.8 Å². The zero-order valence-corrected chi connectivity index (χ0v) is 14.4. The van der Waals surface area contributed by atoms with Gasteiger partial charge in [-0.05, 0) is 47.5 Å². The van der Waals surface area contributed by atoms with E-state index in [2.05, 4.69) is 5.32 Å². The lowest BCUT2D eigenvalue weighted by Crippen LogP contribution is -2.32. The van der Waals surface area contributed by atoms with Gasteiger partial charge >= 0.3 is 0 Å². The van der Waals surface area contributed by atoms with E-state index in [1.165, 1.54) is 0 Å². The molecule has 0 aliphatic carbocycles. The fourth-order valence-electron chi connectivity index (χ4n) is 2.73. The summed E-state index contributed by atoms with van der Waals surface area (Å²) < 4.78 is 10.3. The molecule has 1 aliphatic rings. The first-order chi connectivity index (χ1) is 12.2. The predicted octanol–water partition coefficient (Wildman–Crippen LogP) is 3.34. The molecule has 1 saturated heterocycles. The highest BCUT2D eigenvalue weighted by atomic mass is 16.5. The number of piperidine rings is 1. The summed E-state index contributed by atoms with van der Waals surface area (Å²) in [6, 6.07) is 15.3. The number of nitrogens with one attached hydrogen (secondary N) is 1. The highest BCUT2D eigenvalue weighted by Gasteiger charge is 2.20. The minimum absolute atomic E-state index is 0.0883. The summed E-state index contributed by atoms with van der Waals surface area (Å²) in [6.45, 7) is 1.15. The van der Waals surface area contributed by atoms with E-state index in [0.717, 1.165) is 33.8 Å². The van der Waals surface area contributed by atoms with Gasteiger partial charge < -0.3 is 14.8 Å². The molecule has 2 aromatic carbocycles. The number of benzene rings is 2. The topological polar surface area (TPSA) is 47.6 Å². The molecule has 0 saturated carbocycles. The standard InChI is InChI=1S/C21H21NO3/c1-24-19-7-3-15(4-8-19)11-17-13-22-14-18(21(17)23)12-16-5-9-20(25-2)10-6-16/h3-12,22H,13-14H2,1-2H3/b17-11-,18-12-. The van der Waals surface area contributed by atoms with E-state index in [0.29, 0.717) is 13.1 Å². The lowest BCUT2D eigenvalue weighted by Gasteiger charge is -2.18. The molecule has 1 fully saturated rings. The van der Waals surface area contributed by atoms with Gasteiger partial charge in [0.05, 0.1) is 14.2 Å². The third kappa shape index (κ3) is 4.17. The molecule has 4 nitrogen and oxygen atoms in total. The second kappa shape index (κ2) is 7.81. The van der Waals surface area contributed by atoms with E-state index in [4.69, 9.17) is 9.47 Å². The molecule has 1 heterocycles. The van der Waals surface area contributed by atoms with Crippen molar-refractivity contribution in [3.63, 3.8) is 0 Å². The van der Waals surface area contributed by atoms with Crippen molar-refractivity contribution >= 4 is 17.9 Å². The van der Waals surface area contributed by atoms with E-state index in [1.807, 2.05) is 60.7 Å². The first-order valence-corrected chi connectivity index (χ1v) is 8.14. The zero-order chi connectivity index (χ0) is 17.6. The lowest BCUT2D eigenvalue weighted by molar-refractivity contribution is -0.112. The molecule has 25 heavy (non-hydrogen) atoms. The molecule has 0 amide bonds. The van der Waals surface area contributed by atoms with Gasteiger partial charge in [0.2, 0.25) is 0 Å². The van der Waals surface area contributed by atoms with Crippen LogP contribution in [0.5, 0.6) is 11.5 Å². The van der Waals surface area contributed by atoms with Crippen molar-refractivity contribution in [2.24, 2.45) is 0 Å². The third-order valence-corrected chi connectivity index (χ3v) is 4.13. The number of methoxy groups -OCH3 is 2. The molecule has 1 N–H and O–H groups in total. The molecule has 3 rings (SSSR count). The van der Waals surface area contributed by atoms with E-state index in [1.54, 1.807) is 14.2 Å². The Balaban J connectivity index is 1.81. The molecule has 0 atom stereocenters. The number of ether oxygens (including phenoxy) is 2. The van der Waals surface area contributed by atoms with Crippen LogP contribution < -0.4 is 14.8 Å². The molecular weight excluding hydrogens is 314 g/mol. The number of carbonyl (C=O) groups is 1. The molecule has 0 bridgehead atoms. The SMILES string of the molecule is COc1ccc(/C=C2/CNC/C(=C/c3ccc(OC)cc3)C2=O)cc1. The number of hydrogen-bond acceptors (Lipinski definition) is 4. The van der Waals surface area contributed by atoms with E-state index in [9.17, 15) is 4.79 Å². The first kappa shape index (κ1) is 17.0. The van der Waals surface area contributed by atoms with Crippen LogP contribution in [0.4, 0.5) is 0 Å². The highest BCUT2D eigenvalue weighted by Crippen LogP contribution is 2.20. The summed E-state index contributed by atoms with van der Waals surface area (Å²) >= 11 is 0. The molecule has 0 spiro atoms. The summed E-state index contributed by atoms with van der Waals surface area (Å²) in [7, 11) is 3.27. The first-order valence-electron chi connectivity index (χ1n) is 8.14.